The molecule has 4 rings (SSSR count). The second kappa shape index (κ2) is 7.72. The molecule has 0 unspecified atom stereocenters. The third kappa shape index (κ3) is 3.72. The molecule has 29 heavy (non-hydrogen) atoms. The van der Waals surface area contributed by atoms with Crippen molar-refractivity contribution in [2.75, 3.05) is 26.5 Å². The number of hydrogen-bond acceptors (Lipinski definition) is 7. The summed E-state index contributed by atoms with van der Waals surface area (Å²) < 4.78 is 30.6. The maximum atomic E-state index is 13.1. The van der Waals surface area contributed by atoms with Gasteiger partial charge in [-0.15, -0.1) is 11.3 Å². The maximum Gasteiger partial charge on any atom is 0.267 e. The molecule has 0 bridgehead atoms. The molecule has 1 aromatic carbocycles. The minimum atomic E-state index is -3.68. The van der Waals surface area contributed by atoms with Crippen molar-refractivity contribution >= 4 is 37.3 Å². The Hall–Kier alpha value is -2.52. The summed E-state index contributed by atoms with van der Waals surface area (Å²) in [6.45, 7) is 1.38. The van der Waals surface area contributed by atoms with Crippen LogP contribution in [-0.4, -0.2) is 55.6 Å². The van der Waals surface area contributed by atoms with E-state index in [9.17, 15) is 13.2 Å². The number of thiophene rings is 1. The summed E-state index contributed by atoms with van der Waals surface area (Å²) >= 11 is 1.16. The van der Waals surface area contributed by atoms with Gasteiger partial charge in [0.25, 0.3) is 5.91 Å². The molecule has 0 radical (unpaired) electrons. The SMILES string of the molecule is COc1c(C(=O)N2CCCCC2)sc2nc(-c3ccccc3)nc(S(C)(=O)=O)c12. The van der Waals surface area contributed by atoms with Crippen LogP contribution in [0.1, 0.15) is 28.9 Å². The van der Waals surface area contributed by atoms with Crippen molar-refractivity contribution in [1.29, 1.82) is 0 Å². The Labute approximate surface area is 173 Å². The average Bonchev–Trinajstić information content (AvgIpc) is 3.11. The number of benzene rings is 1. The van der Waals surface area contributed by atoms with Gasteiger partial charge in [-0.2, -0.15) is 0 Å². The predicted octanol–water partition coefficient (Wildman–Crippen LogP) is 3.40. The molecule has 1 amide bonds. The number of aromatic nitrogens is 2. The van der Waals surface area contributed by atoms with Crippen molar-refractivity contribution in [3.8, 4) is 17.1 Å². The fraction of sp³-hybridized carbons (Fsp3) is 0.350. The maximum absolute atomic E-state index is 13.1. The number of ether oxygens (including phenoxy) is 1. The van der Waals surface area contributed by atoms with Gasteiger partial charge in [-0.1, -0.05) is 30.3 Å². The van der Waals surface area contributed by atoms with Crippen molar-refractivity contribution in [1.82, 2.24) is 14.9 Å². The van der Waals surface area contributed by atoms with Crippen LogP contribution in [0.15, 0.2) is 35.4 Å². The average molecular weight is 432 g/mol. The number of piperidine rings is 1. The highest BCUT2D eigenvalue weighted by molar-refractivity contribution is 7.90. The molecule has 0 spiro atoms. The second-order valence-electron chi connectivity index (χ2n) is 6.99. The van der Waals surface area contributed by atoms with Crippen LogP contribution in [0.25, 0.3) is 21.6 Å². The van der Waals surface area contributed by atoms with Crippen LogP contribution in [0.4, 0.5) is 0 Å². The van der Waals surface area contributed by atoms with Crippen LogP contribution in [0, 0.1) is 0 Å². The molecule has 1 fully saturated rings. The molecule has 1 aliphatic heterocycles. The lowest BCUT2D eigenvalue weighted by Gasteiger charge is -2.26. The van der Waals surface area contributed by atoms with Crippen LogP contribution in [0.3, 0.4) is 0 Å². The molecule has 3 heterocycles. The van der Waals surface area contributed by atoms with Crippen LogP contribution >= 0.6 is 11.3 Å². The first-order chi connectivity index (χ1) is 13.9. The summed E-state index contributed by atoms with van der Waals surface area (Å²) in [6, 6.07) is 9.17. The predicted molar refractivity (Wildman–Crippen MR) is 112 cm³/mol. The quantitative estimate of drug-likeness (QED) is 0.588. The van der Waals surface area contributed by atoms with Crippen LogP contribution in [0.5, 0.6) is 5.75 Å². The monoisotopic (exact) mass is 431 g/mol. The van der Waals surface area contributed by atoms with Gasteiger partial charge in [0.15, 0.2) is 26.4 Å². The lowest BCUT2D eigenvalue weighted by Crippen LogP contribution is -2.35. The lowest BCUT2D eigenvalue weighted by atomic mass is 10.1. The number of nitrogens with zero attached hydrogens (tertiary/aromatic N) is 3. The van der Waals surface area contributed by atoms with Gasteiger partial charge in [-0.3, -0.25) is 4.79 Å². The van der Waals surface area contributed by atoms with Gasteiger partial charge in [-0.05, 0) is 19.3 Å². The lowest BCUT2D eigenvalue weighted by molar-refractivity contribution is 0.0726. The Kier molecular flexibility index (Phi) is 5.26. The summed E-state index contributed by atoms with van der Waals surface area (Å²) in [4.78, 5) is 24.6. The number of likely N-dealkylation sites (tertiary alicyclic amines) is 1. The number of rotatable bonds is 4. The van der Waals surface area contributed by atoms with Crippen LogP contribution in [-0.2, 0) is 9.84 Å². The van der Waals surface area contributed by atoms with E-state index in [1.165, 1.54) is 7.11 Å². The van der Waals surface area contributed by atoms with Crippen molar-refractivity contribution in [3.05, 3.63) is 35.2 Å². The number of sulfone groups is 1. The van der Waals surface area contributed by atoms with Crippen molar-refractivity contribution in [3.63, 3.8) is 0 Å². The third-order valence-corrected chi connectivity index (χ3v) is 6.95. The van der Waals surface area contributed by atoms with Gasteiger partial charge in [-0.25, -0.2) is 18.4 Å². The molecule has 0 N–H and O–H groups in total. The summed E-state index contributed by atoms with van der Waals surface area (Å²) in [5.41, 5.74) is 0.704. The normalized spacial score (nSPS) is 14.9. The first-order valence-corrected chi connectivity index (χ1v) is 12.0. The molecule has 7 nitrogen and oxygen atoms in total. The fourth-order valence-corrected chi connectivity index (χ4v) is 5.49. The highest BCUT2D eigenvalue weighted by Crippen LogP contribution is 2.41. The zero-order valence-electron chi connectivity index (χ0n) is 16.2. The number of carbonyl (C=O) groups is 1. The van der Waals surface area contributed by atoms with Crippen LogP contribution in [0.2, 0.25) is 0 Å². The van der Waals surface area contributed by atoms with Gasteiger partial charge < -0.3 is 9.64 Å². The minimum absolute atomic E-state index is 0.118. The van der Waals surface area contributed by atoms with Crippen LogP contribution < -0.4 is 4.74 Å². The van der Waals surface area contributed by atoms with E-state index in [1.54, 1.807) is 4.90 Å². The smallest absolute Gasteiger partial charge is 0.267 e. The molecular weight excluding hydrogens is 410 g/mol. The van der Waals surface area contributed by atoms with E-state index in [0.717, 1.165) is 36.9 Å². The van der Waals surface area contributed by atoms with E-state index in [2.05, 4.69) is 9.97 Å². The zero-order chi connectivity index (χ0) is 20.6. The van der Waals surface area contributed by atoms with E-state index >= 15 is 0 Å². The second-order valence-corrected chi connectivity index (χ2v) is 9.92. The summed E-state index contributed by atoms with van der Waals surface area (Å²) in [7, 11) is -2.24. The molecule has 0 aliphatic carbocycles. The molecule has 0 atom stereocenters. The topological polar surface area (TPSA) is 89.5 Å². The Balaban J connectivity index is 1.95. The van der Waals surface area contributed by atoms with Crippen molar-refractivity contribution in [2.24, 2.45) is 0 Å². The number of carbonyl (C=O) groups excluding carboxylic acids is 1. The molecule has 0 saturated carbocycles. The van der Waals surface area contributed by atoms with Gasteiger partial charge in [0, 0.05) is 24.9 Å². The van der Waals surface area contributed by atoms with E-state index in [-0.39, 0.29) is 22.1 Å². The number of hydrogen-bond donors (Lipinski definition) is 0. The Bertz CT molecular complexity index is 1170. The summed E-state index contributed by atoms with van der Waals surface area (Å²) in [6.07, 6.45) is 4.14. The molecule has 9 heteroatoms. The van der Waals surface area contributed by atoms with E-state index < -0.39 is 9.84 Å². The van der Waals surface area contributed by atoms with Gasteiger partial charge >= 0.3 is 0 Å². The number of amides is 1. The largest absolute Gasteiger partial charge is 0.494 e. The third-order valence-electron chi connectivity index (χ3n) is 4.90. The minimum Gasteiger partial charge on any atom is -0.494 e. The van der Waals surface area contributed by atoms with Crippen molar-refractivity contribution in [2.45, 2.75) is 24.3 Å². The van der Waals surface area contributed by atoms with Gasteiger partial charge in [0.2, 0.25) is 0 Å². The van der Waals surface area contributed by atoms with E-state index in [4.69, 9.17) is 4.74 Å². The number of methoxy groups -OCH3 is 1. The summed E-state index contributed by atoms with van der Waals surface area (Å²) in [5.74, 6) is 0.394. The zero-order valence-corrected chi connectivity index (χ0v) is 17.8. The van der Waals surface area contributed by atoms with E-state index in [0.29, 0.717) is 34.2 Å². The first kappa shape index (κ1) is 19.8. The fourth-order valence-electron chi connectivity index (χ4n) is 3.51. The first-order valence-electron chi connectivity index (χ1n) is 9.33. The molecular formula is C20H21N3O4S2. The molecule has 1 aliphatic rings. The highest BCUT2D eigenvalue weighted by atomic mass is 32.2. The van der Waals surface area contributed by atoms with Gasteiger partial charge in [0.05, 0.1) is 12.5 Å². The Morgan fingerprint density at radius 2 is 1.79 bits per heavy atom. The standard InChI is InChI=1S/C20H21N3O4S2/c1-27-15-14-18(28-16(15)20(24)23-11-7-4-8-12-23)21-17(13-9-5-3-6-10-13)22-19(14)29(2,25)26/h3,5-6,9-10H,4,7-8,11-12H2,1-2H3. The highest BCUT2D eigenvalue weighted by Gasteiger charge is 2.30. The molecule has 1 saturated heterocycles. The van der Waals surface area contributed by atoms with Gasteiger partial charge in [0.1, 0.15) is 9.71 Å². The molecule has 152 valence electrons. The number of fused-ring (bicyclic) bond motifs is 1. The molecule has 3 aromatic rings. The summed E-state index contributed by atoms with van der Waals surface area (Å²) in [5, 5.41) is 0.159. The van der Waals surface area contributed by atoms with Crippen molar-refractivity contribution < 1.29 is 17.9 Å². The van der Waals surface area contributed by atoms with E-state index in [1.807, 2.05) is 30.3 Å². The Morgan fingerprint density at radius 3 is 2.41 bits per heavy atom. The molecule has 2 aromatic heterocycles. The Morgan fingerprint density at radius 1 is 1.10 bits per heavy atom.